The lowest BCUT2D eigenvalue weighted by atomic mass is 10.1. The fourth-order valence-electron chi connectivity index (χ4n) is 3.09. The first-order chi connectivity index (χ1) is 14.8. The third-order valence-electron chi connectivity index (χ3n) is 4.52. The van der Waals surface area contributed by atoms with Gasteiger partial charge in [0.25, 0.3) is 5.56 Å². The number of aromatic amines is 1. The highest BCUT2D eigenvalue weighted by Gasteiger charge is 2.30. The van der Waals surface area contributed by atoms with E-state index in [0.29, 0.717) is 28.6 Å². The largest absolute Gasteiger partial charge is 0.416 e. The molecular formula is C21H15F3N4O2S. The van der Waals surface area contributed by atoms with E-state index < -0.39 is 23.3 Å². The van der Waals surface area contributed by atoms with Crippen LogP contribution in [0, 0.1) is 0 Å². The van der Waals surface area contributed by atoms with Crippen molar-refractivity contribution in [2.45, 2.75) is 12.6 Å². The molecule has 4 rings (SSSR count). The molecule has 0 aliphatic carbocycles. The fraction of sp³-hybridized carbons (Fsp3) is 0.0952. The second-order valence-corrected chi connectivity index (χ2v) is 7.51. The highest BCUT2D eigenvalue weighted by molar-refractivity contribution is 7.07. The van der Waals surface area contributed by atoms with Crippen LogP contribution in [0.2, 0.25) is 0 Å². The number of H-pyrrole nitrogens is 1. The van der Waals surface area contributed by atoms with E-state index in [2.05, 4.69) is 20.8 Å². The molecule has 0 saturated heterocycles. The number of carbonyl (C=O) groups is 1. The van der Waals surface area contributed by atoms with Crippen LogP contribution in [0.25, 0.3) is 10.8 Å². The number of benzene rings is 2. The Bertz CT molecular complexity index is 1300. The number of thiophene rings is 1. The molecular weight excluding hydrogens is 429 g/mol. The van der Waals surface area contributed by atoms with Gasteiger partial charge >= 0.3 is 12.2 Å². The van der Waals surface area contributed by atoms with E-state index in [9.17, 15) is 22.8 Å². The number of anilines is 2. The molecule has 4 aromatic rings. The summed E-state index contributed by atoms with van der Waals surface area (Å²) in [7, 11) is 0. The molecule has 2 aromatic carbocycles. The van der Waals surface area contributed by atoms with Gasteiger partial charge < -0.3 is 10.6 Å². The minimum Gasteiger partial charge on any atom is -0.308 e. The number of fused-ring (bicyclic) bond motifs is 1. The summed E-state index contributed by atoms with van der Waals surface area (Å²) in [5.41, 5.74) is 0.782. The summed E-state index contributed by atoms with van der Waals surface area (Å²) in [5.74, 6) is 0. The minimum absolute atomic E-state index is 0.00629. The molecule has 2 heterocycles. The zero-order valence-electron chi connectivity index (χ0n) is 15.8. The van der Waals surface area contributed by atoms with Gasteiger partial charge in [-0.2, -0.15) is 29.6 Å². The van der Waals surface area contributed by atoms with Crippen LogP contribution in [0.15, 0.2) is 64.1 Å². The van der Waals surface area contributed by atoms with Crippen molar-refractivity contribution in [3.63, 3.8) is 0 Å². The topological polar surface area (TPSA) is 86.9 Å². The lowest BCUT2D eigenvalue weighted by molar-refractivity contribution is -0.137. The Balaban J connectivity index is 1.54. The Hall–Kier alpha value is -3.66. The van der Waals surface area contributed by atoms with E-state index in [1.807, 2.05) is 16.8 Å². The molecule has 31 heavy (non-hydrogen) atoms. The average molecular weight is 444 g/mol. The van der Waals surface area contributed by atoms with E-state index in [-0.39, 0.29) is 5.69 Å². The molecule has 0 aliphatic heterocycles. The highest BCUT2D eigenvalue weighted by atomic mass is 32.1. The third kappa shape index (κ3) is 4.75. The first-order valence-electron chi connectivity index (χ1n) is 9.07. The molecule has 0 spiro atoms. The number of carbonyl (C=O) groups excluding carboxylic acids is 1. The quantitative estimate of drug-likeness (QED) is 0.402. The predicted molar refractivity (Wildman–Crippen MR) is 114 cm³/mol. The monoisotopic (exact) mass is 444 g/mol. The van der Waals surface area contributed by atoms with Crippen LogP contribution in [-0.4, -0.2) is 16.2 Å². The summed E-state index contributed by atoms with van der Waals surface area (Å²) in [5, 5.41) is 16.4. The molecule has 2 aromatic heterocycles. The summed E-state index contributed by atoms with van der Waals surface area (Å²) in [6.07, 6.45) is -3.97. The van der Waals surface area contributed by atoms with Crippen molar-refractivity contribution in [2.24, 2.45) is 0 Å². The fourth-order valence-corrected chi connectivity index (χ4v) is 3.76. The van der Waals surface area contributed by atoms with Gasteiger partial charge in [-0.1, -0.05) is 12.1 Å². The van der Waals surface area contributed by atoms with Crippen molar-refractivity contribution in [3.05, 3.63) is 86.5 Å². The van der Waals surface area contributed by atoms with Gasteiger partial charge in [0, 0.05) is 23.2 Å². The van der Waals surface area contributed by atoms with Crippen LogP contribution in [-0.2, 0) is 12.6 Å². The van der Waals surface area contributed by atoms with Gasteiger partial charge in [-0.25, -0.2) is 9.89 Å². The van der Waals surface area contributed by atoms with Crippen molar-refractivity contribution < 1.29 is 18.0 Å². The zero-order valence-corrected chi connectivity index (χ0v) is 16.6. The molecule has 0 unspecified atom stereocenters. The maximum atomic E-state index is 12.8. The molecule has 0 bridgehead atoms. The first-order valence-corrected chi connectivity index (χ1v) is 10.0. The molecule has 0 aliphatic rings. The van der Waals surface area contributed by atoms with Crippen LogP contribution in [0.1, 0.15) is 16.8 Å². The van der Waals surface area contributed by atoms with Crippen molar-refractivity contribution in [2.75, 3.05) is 10.6 Å². The average Bonchev–Trinajstić information content (AvgIpc) is 3.23. The smallest absolute Gasteiger partial charge is 0.308 e. The SMILES string of the molecule is O=C(Nc1cccc(C(F)(F)F)c1)Nc1ccc2c(Cc3ccsc3)n[nH]c(=O)c2c1. The Morgan fingerprint density at radius 1 is 1.03 bits per heavy atom. The molecule has 10 heteroatoms. The van der Waals surface area contributed by atoms with Gasteiger partial charge in [-0.05, 0) is 52.7 Å². The van der Waals surface area contributed by atoms with E-state index >= 15 is 0 Å². The second kappa shape index (κ2) is 8.23. The summed E-state index contributed by atoms with van der Waals surface area (Å²) in [6.45, 7) is 0. The number of aromatic nitrogens is 2. The number of alkyl halides is 3. The number of nitrogens with zero attached hydrogens (tertiary/aromatic N) is 1. The van der Waals surface area contributed by atoms with Gasteiger partial charge in [-0.15, -0.1) is 0 Å². The van der Waals surface area contributed by atoms with Gasteiger partial charge in [0.05, 0.1) is 16.6 Å². The number of nitrogens with one attached hydrogen (secondary N) is 3. The molecule has 0 saturated carbocycles. The molecule has 158 valence electrons. The van der Waals surface area contributed by atoms with Gasteiger partial charge in [0.1, 0.15) is 0 Å². The zero-order chi connectivity index (χ0) is 22.0. The molecule has 0 radical (unpaired) electrons. The van der Waals surface area contributed by atoms with Crippen molar-refractivity contribution in [1.82, 2.24) is 10.2 Å². The Kier molecular flexibility index (Phi) is 5.47. The van der Waals surface area contributed by atoms with Crippen LogP contribution >= 0.6 is 11.3 Å². The number of hydrogen-bond acceptors (Lipinski definition) is 4. The third-order valence-corrected chi connectivity index (χ3v) is 5.26. The summed E-state index contributed by atoms with van der Waals surface area (Å²) < 4.78 is 38.5. The van der Waals surface area contributed by atoms with E-state index in [1.165, 1.54) is 18.2 Å². The maximum absolute atomic E-state index is 12.8. The Labute approximate surface area is 177 Å². The van der Waals surface area contributed by atoms with Gasteiger partial charge in [0.2, 0.25) is 0 Å². The van der Waals surface area contributed by atoms with Crippen LogP contribution in [0.5, 0.6) is 0 Å². The van der Waals surface area contributed by atoms with E-state index in [1.54, 1.807) is 23.5 Å². The Morgan fingerprint density at radius 2 is 1.81 bits per heavy atom. The number of rotatable bonds is 4. The summed E-state index contributed by atoms with van der Waals surface area (Å²) in [4.78, 5) is 24.5. The van der Waals surface area contributed by atoms with Crippen LogP contribution in [0.4, 0.5) is 29.3 Å². The first kappa shape index (κ1) is 20.6. The number of hydrogen-bond donors (Lipinski definition) is 3. The molecule has 3 N–H and O–H groups in total. The number of amides is 2. The summed E-state index contributed by atoms with van der Waals surface area (Å²) >= 11 is 1.56. The summed E-state index contributed by atoms with van der Waals surface area (Å²) in [6, 6.07) is 10.3. The number of halogens is 3. The molecule has 0 fully saturated rings. The van der Waals surface area contributed by atoms with E-state index in [0.717, 1.165) is 17.7 Å². The molecule has 6 nitrogen and oxygen atoms in total. The van der Waals surface area contributed by atoms with Crippen molar-refractivity contribution in [1.29, 1.82) is 0 Å². The lowest BCUT2D eigenvalue weighted by Gasteiger charge is -2.11. The van der Waals surface area contributed by atoms with Gasteiger partial charge in [0.15, 0.2) is 0 Å². The molecule has 2 amide bonds. The lowest BCUT2D eigenvalue weighted by Crippen LogP contribution is -2.20. The van der Waals surface area contributed by atoms with Crippen molar-refractivity contribution in [3.8, 4) is 0 Å². The minimum atomic E-state index is -4.51. The normalized spacial score (nSPS) is 11.5. The predicted octanol–water partition coefficient (Wildman–Crippen LogP) is 5.24. The standard InChI is InChI=1S/C21H15F3N4O2S/c22-21(23,24)13-2-1-3-14(9-13)25-20(30)26-15-4-5-16-17(10-15)19(29)28-27-18(16)8-12-6-7-31-11-12/h1-7,9-11H,8H2,(H,28,29)(H2,25,26,30). The maximum Gasteiger partial charge on any atom is 0.416 e. The number of urea groups is 1. The second-order valence-electron chi connectivity index (χ2n) is 6.73. The highest BCUT2D eigenvalue weighted by Crippen LogP contribution is 2.30. The molecule has 0 atom stereocenters. The van der Waals surface area contributed by atoms with Gasteiger partial charge in [-0.3, -0.25) is 4.79 Å². The van der Waals surface area contributed by atoms with Crippen LogP contribution < -0.4 is 16.2 Å². The van der Waals surface area contributed by atoms with E-state index in [4.69, 9.17) is 0 Å². The Morgan fingerprint density at radius 3 is 2.52 bits per heavy atom. The van der Waals surface area contributed by atoms with Crippen LogP contribution in [0.3, 0.4) is 0 Å². The van der Waals surface area contributed by atoms with Crippen molar-refractivity contribution >= 4 is 39.5 Å².